The topological polar surface area (TPSA) is 65.4 Å². The number of rotatable bonds is 6. The molecule has 0 radical (unpaired) electrons. The SMILES string of the molecule is COCC(=O)Nc1c(C)nn(COc2ccc(Cl)cc2Cl)c1C. The quantitative estimate of drug-likeness (QED) is 0.859. The number of carbonyl (C=O) groups is 1. The van der Waals surface area contributed by atoms with Crippen LogP contribution in [-0.4, -0.2) is 29.4 Å². The minimum atomic E-state index is -0.236. The van der Waals surface area contributed by atoms with E-state index in [1.165, 1.54) is 7.11 Å². The number of aromatic nitrogens is 2. The Balaban J connectivity index is 2.10. The van der Waals surface area contributed by atoms with E-state index in [0.29, 0.717) is 27.2 Å². The van der Waals surface area contributed by atoms with Crippen molar-refractivity contribution in [2.45, 2.75) is 20.6 Å². The van der Waals surface area contributed by atoms with Crippen molar-refractivity contribution < 1.29 is 14.3 Å². The molecule has 2 aromatic rings. The van der Waals surface area contributed by atoms with Gasteiger partial charge in [0.25, 0.3) is 0 Å². The van der Waals surface area contributed by atoms with Gasteiger partial charge in [-0.1, -0.05) is 23.2 Å². The van der Waals surface area contributed by atoms with E-state index in [2.05, 4.69) is 10.4 Å². The third kappa shape index (κ3) is 4.37. The number of methoxy groups -OCH3 is 1. The lowest BCUT2D eigenvalue weighted by molar-refractivity contribution is -0.119. The molecule has 0 aliphatic rings. The first-order chi connectivity index (χ1) is 10.9. The Kier molecular flexibility index (Phi) is 5.87. The minimum absolute atomic E-state index is 0.0130. The summed E-state index contributed by atoms with van der Waals surface area (Å²) in [6.45, 7) is 3.80. The predicted octanol–water partition coefficient (Wildman–Crippen LogP) is 3.43. The molecule has 1 aromatic carbocycles. The van der Waals surface area contributed by atoms with Gasteiger partial charge in [-0.05, 0) is 32.0 Å². The zero-order valence-electron chi connectivity index (χ0n) is 13.0. The van der Waals surface area contributed by atoms with Crippen molar-refractivity contribution in [1.29, 1.82) is 0 Å². The molecule has 1 amide bonds. The molecule has 0 spiro atoms. The van der Waals surface area contributed by atoms with Gasteiger partial charge in [0.2, 0.25) is 5.91 Å². The van der Waals surface area contributed by atoms with Gasteiger partial charge in [-0.15, -0.1) is 0 Å². The monoisotopic (exact) mass is 357 g/mol. The maximum atomic E-state index is 11.6. The number of amides is 1. The maximum absolute atomic E-state index is 11.6. The number of aryl methyl sites for hydroxylation is 1. The fraction of sp³-hybridized carbons (Fsp3) is 0.333. The lowest BCUT2D eigenvalue weighted by Gasteiger charge is -2.10. The second-order valence-corrected chi connectivity index (χ2v) is 5.72. The van der Waals surface area contributed by atoms with Crippen molar-refractivity contribution in [3.63, 3.8) is 0 Å². The number of benzene rings is 1. The summed E-state index contributed by atoms with van der Waals surface area (Å²) in [6, 6.07) is 4.99. The number of halogens is 2. The van der Waals surface area contributed by atoms with Crippen LogP contribution in [0.5, 0.6) is 5.75 Å². The van der Waals surface area contributed by atoms with Crippen LogP contribution in [0.4, 0.5) is 5.69 Å². The largest absolute Gasteiger partial charge is 0.470 e. The fourth-order valence-electron chi connectivity index (χ4n) is 2.03. The number of nitrogens with one attached hydrogen (secondary N) is 1. The summed E-state index contributed by atoms with van der Waals surface area (Å²) in [5, 5.41) is 8.09. The van der Waals surface area contributed by atoms with E-state index in [4.69, 9.17) is 32.7 Å². The van der Waals surface area contributed by atoms with Gasteiger partial charge in [0.1, 0.15) is 12.4 Å². The van der Waals surface area contributed by atoms with Crippen LogP contribution in [0.1, 0.15) is 11.4 Å². The van der Waals surface area contributed by atoms with E-state index < -0.39 is 0 Å². The second-order valence-electron chi connectivity index (χ2n) is 4.87. The van der Waals surface area contributed by atoms with Crippen molar-refractivity contribution in [3.05, 3.63) is 39.6 Å². The predicted molar refractivity (Wildman–Crippen MR) is 89.3 cm³/mol. The molecule has 8 heteroatoms. The zero-order chi connectivity index (χ0) is 17.0. The summed E-state index contributed by atoms with van der Waals surface area (Å²) in [7, 11) is 1.46. The van der Waals surface area contributed by atoms with Crippen molar-refractivity contribution in [2.24, 2.45) is 0 Å². The van der Waals surface area contributed by atoms with E-state index in [9.17, 15) is 4.79 Å². The highest BCUT2D eigenvalue weighted by molar-refractivity contribution is 6.35. The van der Waals surface area contributed by atoms with Crippen LogP contribution in [-0.2, 0) is 16.3 Å². The number of carbonyl (C=O) groups excluding carboxylic acids is 1. The van der Waals surface area contributed by atoms with Gasteiger partial charge < -0.3 is 14.8 Å². The average molecular weight is 358 g/mol. The summed E-state index contributed by atoms with van der Waals surface area (Å²) >= 11 is 11.9. The Morgan fingerprint density at radius 1 is 1.35 bits per heavy atom. The molecule has 0 atom stereocenters. The van der Waals surface area contributed by atoms with E-state index >= 15 is 0 Å². The third-order valence-electron chi connectivity index (χ3n) is 3.16. The minimum Gasteiger partial charge on any atom is -0.470 e. The molecule has 124 valence electrons. The Labute approximate surface area is 144 Å². The lowest BCUT2D eigenvalue weighted by Crippen LogP contribution is -2.18. The first kappa shape index (κ1) is 17.6. The summed E-state index contributed by atoms with van der Waals surface area (Å²) in [6.07, 6.45) is 0. The van der Waals surface area contributed by atoms with Crippen molar-refractivity contribution >= 4 is 34.8 Å². The number of ether oxygens (including phenoxy) is 2. The summed E-state index contributed by atoms with van der Waals surface area (Å²) in [4.78, 5) is 11.6. The third-order valence-corrected chi connectivity index (χ3v) is 3.69. The van der Waals surface area contributed by atoms with Crippen LogP contribution >= 0.6 is 23.2 Å². The summed E-state index contributed by atoms with van der Waals surface area (Å²) in [5.41, 5.74) is 2.12. The normalized spacial score (nSPS) is 10.7. The van der Waals surface area contributed by atoms with Gasteiger partial charge >= 0.3 is 0 Å². The van der Waals surface area contributed by atoms with Gasteiger partial charge in [0.15, 0.2) is 6.73 Å². The molecule has 0 saturated carbocycles. The van der Waals surface area contributed by atoms with Crippen molar-refractivity contribution in [1.82, 2.24) is 9.78 Å². The number of anilines is 1. The highest BCUT2D eigenvalue weighted by atomic mass is 35.5. The van der Waals surface area contributed by atoms with Crippen LogP contribution in [0.15, 0.2) is 18.2 Å². The smallest absolute Gasteiger partial charge is 0.250 e. The van der Waals surface area contributed by atoms with Gasteiger partial charge in [-0.25, -0.2) is 4.68 Å². The number of nitrogens with zero attached hydrogens (tertiary/aromatic N) is 2. The molecule has 23 heavy (non-hydrogen) atoms. The Morgan fingerprint density at radius 3 is 2.74 bits per heavy atom. The first-order valence-electron chi connectivity index (χ1n) is 6.83. The van der Waals surface area contributed by atoms with E-state index in [0.717, 1.165) is 5.69 Å². The Bertz CT molecular complexity index is 716. The molecule has 1 N–H and O–H groups in total. The molecule has 0 fully saturated rings. The molecule has 1 heterocycles. The average Bonchev–Trinajstić information content (AvgIpc) is 2.74. The highest BCUT2D eigenvalue weighted by Gasteiger charge is 2.14. The van der Waals surface area contributed by atoms with Crippen molar-refractivity contribution in [3.8, 4) is 5.75 Å². The van der Waals surface area contributed by atoms with Gasteiger partial charge in [0, 0.05) is 12.1 Å². The molecule has 0 aliphatic carbocycles. The van der Waals surface area contributed by atoms with Crippen molar-refractivity contribution in [2.75, 3.05) is 19.0 Å². The molecular weight excluding hydrogens is 341 g/mol. The first-order valence-corrected chi connectivity index (χ1v) is 7.58. The van der Waals surface area contributed by atoms with E-state index in [-0.39, 0.29) is 19.2 Å². The van der Waals surface area contributed by atoms with Gasteiger partial charge in [0.05, 0.1) is 22.1 Å². The highest BCUT2D eigenvalue weighted by Crippen LogP contribution is 2.28. The zero-order valence-corrected chi connectivity index (χ0v) is 14.5. The second kappa shape index (κ2) is 7.68. The van der Waals surface area contributed by atoms with Gasteiger partial charge in [-0.3, -0.25) is 4.79 Å². The molecule has 0 aliphatic heterocycles. The molecule has 0 unspecified atom stereocenters. The maximum Gasteiger partial charge on any atom is 0.250 e. The summed E-state index contributed by atoms with van der Waals surface area (Å²) in [5.74, 6) is 0.272. The van der Waals surface area contributed by atoms with Gasteiger partial charge in [-0.2, -0.15) is 5.10 Å². The molecule has 0 saturated heterocycles. The van der Waals surface area contributed by atoms with E-state index in [1.807, 2.05) is 6.92 Å². The standard InChI is InChI=1S/C15H17Cl2N3O3/c1-9-15(18-14(21)7-22-3)10(2)20(19-9)8-23-13-5-4-11(16)6-12(13)17/h4-6H,7-8H2,1-3H3,(H,18,21). The summed E-state index contributed by atoms with van der Waals surface area (Å²) < 4.78 is 12.1. The Hall–Kier alpha value is -1.76. The van der Waals surface area contributed by atoms with Crippen LogP contribution in [0, 0.1) is 13.8 Å². The molecule has 1 aromatic heterocycles. The van der Waals surface area contributed by atoms with Crippen LogP contribution in [0.25, 0.3) is 0 Å². The lowest BCUT2D eigenvalue weighted by atomic mass is 10.3. The van der Waals surface area contributed by atoms with Crippen LogP contribution in [0.2, 0.25) is 10.0 Å². The van der Waals surface area contributed by atoms with E-state index in [1.54, 1.807) is 29.8 Å². The van der Waals surface area contributed by atoms with Crippen LogP contribution in [0.3, 0.4) is 0 Å². The molecule has 0 bridgehead atoms. The molecule has 6 nitrogen and oxygen atoms in total. The Morgan fingerprint density at radius 2 is 2.09 bits per heavy atom. The van der Waals surface area contributed by atoms with Crippen LogP contribution < -0.4 is 10.1 Å². The molecule has 2 rings (SSSR count). The number of hydrogen-bond acceptors (Lipinski definition) is 4. The fourth-order valence-corrected chi connectivity index (χ4v) is 2.50. The number of hydrogen-bond donors (Lipinski definition) is 1. The molecular formula is C15H17Cl2N3O3.